The average molecular weight is 905 g/mol. The summed E-state index contributed by atoms with van der Waals surface area (Å²) in [7, 11) is 0. The van der Waals surface area contributed by atoms with Crippen molar-refractivity contribution in [2.75, 3.05) is 51.3 Å². The summed E-state index contributed by atoms with van der Waals surface area (Å²) in [4.78, 5) is 129. The number of nitrogens with one attached hydrogen (secondary N) is 3. The number of rotatable bonds is 19. The van der Waals surface area contributed by atoms with Gasteiger partial charge in [-0.2, -0.15) is 11.8 Å². The highest BCUT2D eigenvalue weighted by atomic mass is 32.2. The Morgan fingerprint density at radius 2 is 0.984 bits per heavy atom. The van der Waals surface area contributed by atoms with Gasteiger partial charge in [0.25, 0.3) is 0 Å². The van der Waals surface area contributed by atoms with Crippen molar-refractivity contribution < 1.29 is 48.3 Å². The number of thioether (sulfide) groups is 1. The van der Waals surface area contributed by atoms with Crippen molar-refractivity contribution in [3.05, 3.63) is 0 Å². The predicted molar refractivity (Wildman–Crippen MR) is 232 cm³/mol. The summed E-state index contributed by atoms with van der Waals surface area (Å²) in [6.45, 7) is 5.01. The normalized spacial score (nSPS) is 25.4. The van der Waals surface area contributed by atoms with E-state index in [0.29, 0.717) is 109 Å². The van der Waals surface area contributed by atoms with Crippen molar-refractivity contribution >= 4 is 65.0 Å². The van der Waals surface area contributed by atoms with Gasteiger partial charge in [-0.25, -0.2) is 4.79 Å². The molecule has 0 aliphatic carbocycles. The van der Waals surface area contributed by atoms with Crippen LogP contribution in [0, 0.1) is 0 Å². The van der Waals surface area contributed by atoms with Crippen LogP contribution in [0.5, 0.6) is 0 Å². The van der Waals surface area contributed by atoms with Crippen LogP contribution in [-0.2, 0) is 43.2 Å². The molecule has 21 heteroatoms. The molecule has 5 fully saturated rings. The third-order valence-electron chi connectivity index (χ3n) is 13.1. The maximum absolute atomic E-state index is 14.4. The average Bonchev–Trinajstić information content (AvgIpc) is 4.12. The molecule has 0 bridgehead atoms. The number of carbonyl (C=O) groups is 9. The lowest BCUT2D eigenvalue weighted by atomic mass is 10.1. The van der Waals surface area contributed by atoms with E-state index in [9.17, 15) is 48.3 Å². The fraction of sp³-hybridized carbons (Fsp3) is 0.786. The number of hydrogen-bond acceptors (Lipinski definition) is 12. The Bertz CT molecular complexity index is 1720. The number of likely N-dealkylation sites (tertiary alicyclic amines) is 5. The standard InChI is InChI=1S/C42H68N10O10S/c1-25(44)37(56)48-19-6-12-29(48)34(53)45-26(2)38(57)51-22-9-15-32(51)41(60)52-23-10-16-33(52)40(59)50-21-8-14-31(50)35(54)46-27(11-4-5-18-43)39(58)49-20-7-13-30(49)36(55)47-28(42(61)62)17-24-63-3/h25-33H,4-24,43-44H2,1-3H3,(H,45,53)(H,46,54)(H,47,55)(H,61,62)/t25-,26-,27-,28-,29-,30-,31-,32-,33-/m0/s1. The summed E-state index contributed by atoms with van der Waals surface area (Å²) in [6.07, 6.45) is 8.09. The number of unbranched alkanes of at least 4 members (excludes halogenated alkanes) is 1. The van der Waals surface area contributed by atoms with Crippen LogP contribution in [0.15, 0.2) is 0 Å². The van der Waals surface area contributed by atoms with Crippen LogP contribution in [0.1, 0.15) is 104 Å². The van der Waals surface area contributed by atoms with E-state index in [1.54, 1.807) is 13.8 Å². The Balaban J connectivity index is 1.22. The van der Waals surface area contributed by atoms with Gasteiger partial charge in [-0.15, -0.1) is 0 Å². The van der Waals surface area contributed by atoms with Gasteiger partial charge in [0.15, 0.2) is 0 Å². The van der Waals surface area contributed by atoms with Crippen molar-refractivity contribution in [3.63, 3.8) is 0 Å². The highest BCUT2D eigenvalue weighted by Crippen LogP contribution is 2.30. The molecule has 0 unspecified atom stereocenters. The van der Waals surface area contributed by atoms with Crippen LogP contribution in [0.2, 0.25) is 0 Å². The first kappa shape index (κ1) is 49.5. The van der Waals surface area contributed by atoms with Crippen LogP contribution < -0.4 is 27.4 Å². The zero-order chi connectivity index (χ0) is 46.0. The van der Waals surface area contributed by atoms with Crippen molar-refractivity contribution in [2.24, 2.45) is 11.5 Å². The molecule has 0 aromatic heterocycles. The minimum Gasteiger partial charge on any atom is -0.480 e. The lowest BCUT2D eigenvalue weighted by molar-refractivity contribution is -0.151. The van der Waals surface area contributed by atoms with E-state index in [0.717, 1.165) is 0 Å². The SMILES string of the molecule is CSCC[C@H](NC(=O)[C@@H]1CCCN1C(=O)[C@H](CCCCN)NC(=O)[C@@H]1CCCN1C(=O)[C@@H]1CCCN1C(=O)[C@@H]1CCCN1C(=O)[C@H](C)NC(=O)[C@@H]1CCCN1C(=O)[C@H](C)N)C(=O)O. The number of hydrogen-bond donors (Lipinski definition) is 6. The van der Waals surface area contributed by atoms with Gasteiger partial charge >= 0.3 is 5.97 Å². The summed E-state index contributed by atoms with van der Waals surface area (Å²) in [6, 6.07) is -8.09. The number of amides is 8. The van der Waals surface area contributed by atoms with Gasteiger partial charge < -0.3 is 57.0 Å². The molecule has 0 radical (unpaired) electrons. The molecule has 5 saturated heterocycles. The van der Waals surface area contributed by atoms with Gasteiger partial charge in [-0.1, -0.05) is 0 Å². The maximum Gasteiger partial charge on any atom is 0.326 e. The molecule has 20 nitrogen and oxygen atoms in total. The number of nitrogens with zero attached hydrogens (tertiary/aromatic N) is 5. The van der Waals surface area contributed by atoms with Crippen molar-refractivity contribution in [2.45, 2.75) is 158 Å². The van der Waals surface area contributed by atoms with Gasteiger partial charge in [0.2, 0.25) is 47.3 Å². The second-order valence-corrected chi connectivity index (χ2v) is 18.5. The lowest BCUT2D eigenvalue weighted by Crippen LogP contribution is -2.59. The number of carboxylic acids is 1. The minimum atomic E-state index is -1.16. The lowest BCUT2D eigenvalue weighted by Gasteiger charge is -2.35. The summed E-state index contributed by atoms with van der Waals surface area (Å²) in [5.41, 5.74) is 11.5. The fourth-order valence-electron chi connectivity index (χ4n) is 9.73. The molecule has 5 aliphatic rings. The van der Waals surface area contributed by atoms with Crippen LogP contribution in [-0.4, -0.2) is 188 Å². The van der Waals surface area contributed by atoms with Gasteiger partial charge in [0.05, 0.1) is 6.04 Å². The zero-order valence-electron chi connectivity index (χ0n) is 37.0. The van der Waals surface area contributed by atoms with Crippen molar-refractivity contribution in [1.82, 2.24) is 40.4 Å². The molecule has 63 heavy (non-hydrogen) atoms. The summed E-state index contributed by atoms with van der Waals surface area (Å²) in [5, 5.41) is 17.9. The van der Waals surface area contributed by atoms with Crippen LogP contribution in [0.3, 0.4) is 0 Å². The molecule has 8 amide bonds. The van der Waals surface area contributed by atoms with Gasteiger partial charge in [0, 0.05) is 32.7 Å². The van der Waals surface area contributed by atoms with E-state index in [1.807, 2.05) is 6.26 Å². The predicted octanol–water partition coefficient (Wildman–Crippen LogP) is -1.27. The molecule has 9 atom stereocenters. The van der Waals surface area contributed by atoms with Crippen LogP contribution in [0.4, 0.5) is 0 Å². The molecule has 0 aromatic carbocycles. The maximum atomic E-state index is 14.4. The van der Waals surface area contributed by atoms with E-state index < -0.39 is 89.9 Å². The molecule has 0 aromatic rings. The molecule has 352 valence electrons. The zero-order valence-corrected chi connectivity index (χ0v) is 37.8. The van der Waals surface area contributed by atoms with E-state index in [4.69, 9.17) is 11.5 Å². The molecule has 5 aliphatic heterocycles. The van der Waals surface area contributed by atoms with Crippen LogP contribution in [0.25, 0.3) is 0 Å². The fourth-order valence-corrected chi connectivity index (χ4v) is 10.2. The second kappa shape index (κ2) is 22.9. The number of carboxylic acid groups (broad SMARTS) is 1. The van der Waals surface area contributed by atoms with Crippen molar-refractivity contribution in [1.29, 1.82) is 0 Å². The Morgan fingerprint density at radius 3 is 1.48 bits per heavy atom. The van der Waals surface area contributed by atoms with Gasteiger partial charge in [-0.05, 0) is 122 Å². The largest absolute Gasteiger partial charge is 0.480 e. The van der Waals surface area contributed by atoms with E-state index in [1.165, 1.54) is 36.3 Å². The molecule has 8 N–H and O–H groups in total. The first-order chi connectivity index (χ1) is 30.1. The second-order valence-electron chi connectivity index (χ2n) is 17.5. The molecular formula is C42H68N10O10S. The number of carbonyl (C=O) groups excluding carboxylic acids is 8. The monoisotopic (exact) mass is 904 g/mol. The Hall–Kier alpha value is -4.50. The first-order valence-electron chi connectivity index (χ1n) is 22.7. The molecular weight excluding hydrogens is 837 g/mol. The highest BCUT2D eigenvalue weighted by molar-refractivity contribution is 7.98. The molecule has 5 heterocycles. The molecule has 0 saturated carbocycles. The Morgan fingerprint density at radius 1 is 0.571 bits per heavy atom. The topological polar surface area (TPSA) is 278 Å². The molecule has 5 rings (SSSR count). The van der Waals surface area contributed by atoms with E-state index in [2.05, 4.69) is 16.0 Å². The minimum absolute atomic E-state index is 0.226. The van der Waals surface area contributed by atoms with Gasteiger partial charge in [0.1, 0.15) is 48.3 Å². The third-order valence-corrected chi connectivity index (χ3v) is 13.7. The number of aliphatic carboxylic acids is 1. The number of nitrogens with two attached hydrogens (primary N) is 2. The highest BCUT2D eigenvalue weighted by Gasteiger charge is 2.47. The summed E-state index contributed by atoms with van der Waals surface area (Å²) in [5.74, 6) is -4.14. The van der Waals surface area contributed by atoms with Crippen molar-refractivity contribution in [3.8, 4) is 0 Å². The quantitative estimate of drug-likeness (QED) is 0.0827. The summed E-state index contributed by atoms with van der Waals surface area (Å²) >= 11 is 1.46. The molecule has 0 spiro atoms. The van der Waals surface area contributed by atoms with Gasteiger partial charge in [-0.3, -0.25) is 38.4 Å². The van der Waals surface area contributed by atoms with Crippen LogP contribution >= 0.6 is 11.8 Å². The van der Waals surface area contributed by atoms with E-state index >= 15 is 0 Å². The van der Waals surface area contributed by atoms with E-state index in [-0.39, 0.29) is 43.7 Å². The summed E-state index contributed by atoms with van der Waals surface area (Å²) < 4.78 is 0. The Kier molecular flexibility index (Phi) is 18.0. The third kappa shape index (κ3) is 11.8. The smallest absolute Gasteiger partial charge is 0.326 e. The Labute approximate surface area is 373 Å². The first-order valence-corrected chi connectivity index (χ1v) is 24.1.